The summed E-state index contributed by atoms with van der Waals surface area (Å²) in [6.07, 6.45) is -46.4. The van der Waals surface area contributed by atoms with Gasteiger partial charge in [-0.3, -0.25) is 0 Å². The molecule has 0 aliphatic heterocycles. The molecule has 0 amide bonds. The van der Waals surface area contributed by atoms with E-state index in [1.807, 2.05) is 6.92 Å². The van der Waals surface area contributed by atoms with Gasteiger partial charge in [-0.05, 0) is 48.9 Å². The van der Waals surface area contributed by atoms with Crippen LogP contribution in [0.4, 0.5) is 132 Å². The molecule has 0 aromatic heterocycles. The molecule has 4 atom stereocenters. The lowest BCUT2D eigenvalue weighted by molar-refractivity contribution is -0.288. The van der Waals surface area contributed by atoms with Gasteiger partial charge in [-0.15, -0.1) is 0 Å². The van der Waals surface area contributed by atoms with Crippen molar-refractivity contribution in [1.82, 2.24) is 0 Å². The Hall–Kier alpha value is -2.10. The molecule has 494 valence electrons. The summed E-state index contributed by atoms with van der Waals surface area (Å²) in [5.74, 6) is -11.1. The van der Waals surface area contributed by atoms with E-state index < -0.39 is 134 Å². The summed E-state index contributed by atoms with van der Waals surface area (Å²) in [4.78, 5) is 0. The Bertz CT molecular complexity index is 1440. The average molecular weight is 1260 g/mol. The van der Waals surface area contributed by atoms with Gasteiger partial charge in [0.05, 0.1) is 22.7 Å². The van der Waals surface area contributed by atoms with E-state index >= 15 is 0 Å². The van der Waals surface area contributed by atoms with Gasteiger partial charge in [0.15, 0.2) is 11.8 Å². The highest BCUT2D eigenvalue weighted by Crippen LogP contribution is 2.47. The van der Waals surface area contributed by atoms with Crippen LogP contribution in [0, 0.1) is 64.1 Å². The lowest BCUT2D eigenvalue weighted by atomic mass is 9.81. The van der Waals surface area contributed by atoms with Gasteiger partial charge in [0.2, 0.25) is 0 Å². The number of rotatable bonds is 16. The lowest BCUT2D eigenvalue weighted by Crippen LogP contribution is -2.37. The smallest absolute Gasteiger partial charge is 0.171 e. The molecule has 0 rings (SSSR count). The Morgan fingerprint density at radius 2 is 0.700 bits per heavy atom. The van der Waals surface area contributed by atoms with Crippen molar-refractivity contribution in [2.45, 2.75) is 257 Å². The van der Waals surface area contributed by atoms with Crippen molar-refractivity contribution in [3.05, 3.63) is 0 Å². The van der Waals surface area contributed by atoms with Crippen LogP contribution in [0.15, 0.2) is 0 Å². The maximum atomic E-state index is 12.2. The Balaban J connectivity index is -0.000000156. The van der Waals surface area contributed by atoms with Gasteiger partial charge in [0.25, 0.3) is 0 Å². The molecule has 1 unspecified atom stereocenters. The molecule has 0 bridgehead atoms. The zero-order chi connectivity index (χ0) is 66.7. The van der Waals surface area contributed by atoms with Crippen LogP contribution in [-0.4, -0.2) is 61.8 Å². The average Bonchev–Trinajstić information content (AvgIpc) is 3.18. The zero-order valence-corrected chi connectivity index (χ0v) is 48.0. The predicted molar refractivity (Wildman–Crippen MR) is 249 cm³/mol. The molecule has 80 heavy (non-hydrogen) atoms. The van der Waals surface area contributed by atoms with Crippen molar-refractivity contribution in [2.75, 3.05) is 0 Å². The first-order valence-corrected chi connectivity index (χ1v) is 25.3. The predicted octanol–water partition coefficient (Wildman–Crippen LogP) is 25.1. The molecule has 0 saturated carbocycles. The lowest BCUT2D eigenvalue weighted by Gasteiger charge is -2.31. The van der Waals surface area contributed by atoms with Gasteiger partial charge in [-0.2, -0.15) is 132 Å². The van der Waals surface area contributed by atoms with Crippen LogP contribution in [0.3, 0.4) is 0 Å². The molecule has 30 heteroatoms. The summed E-state index contributed by atoms with van der Waals surface area (Å²) < 4.78 is 357. The summed E-state index contributed by atoms with van der Waals surface area (Å²) in [6.45, 7) is 23.8. The van der Waals surface area contributed by atoms with Crippen molar-refractivity contribution in [1.29, 1.82) is 0 Å². The molecule has 0 spiro atoms. The summed E-state index contributed by atoms with van der Waals surface area (Å²) in [7, 11) is 0. The Labute approximate surface area is 452 Å². The molecule has 0 aromatic rings. The van der Waals surface area contributed by atoms with Crippen molar-refractivity contribution < 1.29 is 132 Å². The van der Waals surface area contributed by atoms with Gasteiger partial charge < -0.3 is 0 Å². The first-order chi connectivity index (χ1) is 34.7. The molecule has 0 heterocycles. The van der Waals surface area contributed by atoms with Gasteiger partial charge in [-0.1, -0.05) is 163 Å². The quantitative estimate of drug-likeness (QED) is 0.135. The van der Waals surface area contributed by atoms with Crippen LogP contribution in [0.5, 0.6) is 0 Å². The van der Waals surface area contributed by atoms with E-state index in [1.54, 1.807) is 55.4 Å². The first-order valence-electron chi connectivity index (χ1n) is 25.3. The Morgan fingerprint density at radius 3 is 0.850 bits per heavy atom. The molecule has 0 aliphatic rings. The summed E-state index contributed by atoms with van der Waals surface area (Å²) >= 11 is 0. The number of alkyl halides is 30. The molecule has 0 aromatic carbocycles. The molecular weight excluding hydrogens is 1170 g/mol. The van der Waals surface area contributed by atoms with E-state index in [4.69, 9.17) is 0 Å². The van der Waals surface area contributed by atoms with Crippen molar-refractivity contribution in [2.24, 2.45) is 64.1 Å². The van der Waals surface area contributed by atoms with Gasteiger partial charge >= 0.3 is 61.8 Å². The number of hydrogen-bond donors (Lipinski definition) is 0. The molecular formula is C50H84F30. The molecule has 0 saturated heterocycles. The standard InChI is InChI=1S/C8H12F6.2C7H10F6.4C7H13F3/c1-5(7(9,10)11)4-6(2,3)8(12,13)14;1-4(2)3-5(6(8,9)10)7(11,12)13;1-2-3-4-5(6(8,9)10)7(11,12)13;1-5(2)6(3,4)7(8,9)10;1-4-5(2)6(3)7(8,9)10;1-3-4-6(2)5-7(8,9)10;1-3-6(4-2)5-7(8,9)10/h5H,4H2,1-3H3;4-5H,3H2,1-2H3;5H,2-4H2,1H3;5H,1-4H3;5-6H,4H2,1-3H3;2*6H,3-5H2,1-2H3/t5-;;;;5-,6?;6-;/m0...00./s1. The number of unbranched alkanes of at least 4 members (excludes halogenated alkanes) is 1. The molecule has 0 aliphatic carbocycles. The highest BCUT2D eigenvalue weighted by molar-refractivity contribution is 4.82. The minimum absolute atomic E-state index is 0.0658. The minimum Gasteiger partial charge on any atom is -0.171 e. The van der Waals surface area contributed by atoms with Crippen LogP contribution in [0.25, 0.3) is 0 Å². The van der Waals surface area contributed by atoms with E-state index in [0.29, 0.717) is 32.1 Å². The zero-order valence-electron chi connectivity index (χ0n) is 48.0. The SMILES string of the molecule is CC(C)C(C)(C)C(F)(F)F.CC(C)CC(C(F)(F)F)C(F)(F)F.CCC(CC)CC(F)(F)F.CCCCC(C(F)(F)F)C(F)(F)F.CCC[C@H](C)CC(F)(F)F.CC[C@H](C)C(C)C(F)(F)F.C[C@@H](CC(C)(C)C(F)(F)F)C(F)(F)F. The third kappa shape index (κ3) is 48.3. The van der Waals surface area contributed by atoms with Crippen molar-refractivity contribution >= 4 is 0 Å². The second-order valence-corrected chi connectivity index (χ2v) is 21.4. The summed E-state index contributed by atoms with van der Waals surface area (Å²) in [5, 5.41) is 0. The topological polar surface area (TPSA) is 0 Å². The van der Waals surface area contributed by atoms with E-state index in [0.717, 1.165) is 27.2 Å². The third-order valence-corrected chi connectivity index (χ3v) is 12.5. The molecule has 0 radical (unpaired) electrons. The molecule has 0 fully saturated rings. The summed E-state index contributed by atoms with van der Waals surface area (Å²) in [5.41, 5.74) is -3.87. The van der Waals surface area contributed by atoms with Crippen LogP contribution >= 0.6 is 0 Å². The van der Waals surface area contributed by atoms with Crippen molar-refractivity contribution in [3.63, 3.8) is 0 Å². The fourth-order valence-corrected chi connectivity index (χ4v) is 5.74. The normalized spacial score (nSPS) is 15.2. The highest BCUT2D eigenvalue weighted by Gasteiger charge is 2.57. The van der Waals surface area contributed by atoms with E-state index in [9.17, 15) is 132 Å². The Kier molecular flexibility index (Phi) is 42.8. The largest absolute Gasteiger partial charge is 0.400 e. The van der Waals surface area contributed by atoms with Crippen LogP contribution < -0.4 is 0 Å². The fourth-order valence-electron chi connectivity index (χ4n) is 5.74. The first kappa shape index (κ1) is 91.6. The van der Waals surface area contributed by atoms with E-state index in [-0.39, 0.29) is 30.1 Å². The number of halogens is 30. The fraction of sp³-hybridized carbons (Fsp3) is 1.00. The van der Waals surface area contributed by atoms with Crippen LogP contribution in [0.2, 0.25) is 0 Å². The Morgan fingerprint density at radius 1 is 0.350 bits per heavy atom. The van der Waals surface area contributed by atoms with E-state index in [2.05, 4.69) is 0 Å². The van der Waals surface area contributed by atoms with Crippen LogP contribution in [0.1, 0.15) is 195 Å². The van der Waals surface area contributed by atoms with Gasteiger partial charge in [0, 0.05) is 12.8 Å². The number of hydrogen-bond acceptors (Lipinski definition) is 0. The van der Waals surface area contributed by atoms with E-state index in [1.165, 1.54) is 34.6 Å². The van der Waals surface area contributed by atoms with Crippen molar-refractivity contribution in [3.8, 4) is 0 Å². The van der Waals surface area contributed by atoms with Gasteiger partial charge in [-0.25, -0.2) is 0 Å². The maximum Gasteiger partial charge on any atom is 0.400 e. The highest BCUT2D eigenvalue weighted by atomic mass is 19.5. The monoisotopic (exact) mass is 1250 g/mol. The second-order valence-electron chi connectivity index (χ2n) is 21.4. The second kappa shape index (κ2) is 37.4. The third-order valence-electron chi connectivity index (χ3n) is 12.5. The molecule has 0 nitrogen and oxygen atoms in total. The molecule has 0 N–H and O–H groups in total. The maximum absolute atomic E-state index is 12.2. The minimum atomic E-state index is -5.19. The summed E-state index contributed by atoms with van der Waals surface area (Å²) in [6, 6.07) is 0. The van der Waals surface area contributed by atoms with Gasteiger partial charge in [0.1, 0.15) is 0 Å². The van der Waals surface area contributed by atoms with Crippen LogP contribution in [-0.2, 0) is 0 Å².